The summed E-state index contributed by atoms with van der Waals surface area (Å²) in [5, 5.41) is 1.34. The van der Waals surface area contributed by atoms with Crippen molar-refractivity contribution < 1.29 is 14.4 Å². The average Bonchev–Trinajstić information content (AvgIpc) is 2.87. The lowest BCUT2D eigenvalue weighted by Crippen LogP contribution is -2.35. The first-order valence-corrected chi connectivity index (χ1v) is 6.42. The highest BCUT2D eigenvalue weighted by Gasteiger charge is 2.60. The average molecular weight is 239 g/mol. The van der Waals surface area contributed by atoms with Gasteiger partial charge < -0.3 is 0 Å². The summed E-state index contributed by atoms with van der Waals surface area (Å²) in [6.07, 6.45) is 3.94. The van der Waals surface area contributed by atoms with Crippen molar-refractivity contribution in [3.8, 4) is 0 Å². The molecule has 0 aliphatic carbocycles. The fourth-order valence-electron chi connectivity index (χ4n) is 2.59. The SMILES string of the molecule is CC(C)ON1C(=O)C2C3C=CC(S3)C2C1=O. The van der Waals surface area contributed by atoms with Crippen molar-refractivity contribution in [3.05, 3.63) is 12.2 Å². The fraction of sp³-hybridized carbons (Fsp3) is 0.636. The number of hydrogen-bond acceptors (Lipinski definition) is 4. The maximum absolute atomic E-state index is 12.1. The first-order valence-electron chi connectivity index (χ1n) is 5.48. The summed E-state index contributed by atoms with van der Waals surface area (Å²) in [6, 6.07) is 0. The van der Waals surface area contributed by atoms with Crippen molar-refractivity contribution in [2.45, 2.75) is 30.5 Å². The van der Waals surface area contributed by atoms with Crippen LogP contribution in [0.2, 0.25) is 0 Å². The summed E-state index contributed by atoms with van der Waals surface area (Å²) in [6.45, 7) is 3.63. The normalized spacial score (nSPS) is 40.3. The Bertz CT molecular complexity index is 363. The highest BCUT2D eigenvalue weighted by Crippen LogP contribution is 2.53. The maximum Gasteiger partial charge on any atom is 0.258 e. The van der Waals surface area contributed by atoms with E-state index >= 15 is 0 Å². The van der Waals surface area contributed by atoms with Crippen molar-refractivity contribution in [1.29, 1.82) is 0 Å². The summed E-state index contributed by atoms with van der Waals surface area (Å²) in [5.74, 6) is -0.696. The monoisotopic (exact) mass is 239 g/mol. The van der Waals surface area contributed by atoms with Crippen molar-refractivity contribution in [3.63, 3.8) is 0 Å². The van der Waals surface area contributed by atoms with Crippen LogP contribution in [-0.4, -0.2) is 33.5 Å². The minimum Gasteiger partial charge on any atom is -0.272 e. The van der Waals surface area contributed by atoms with Gasteiger partial charge in [0.2, 0.25) is 0 Å². The summed E-state index contributed by atoms with van der Waals surface area (Å²) >= 11 is 1.72. The van der Waals surface area contributed by atoms with Gasteiger partial charge in [0, 0.05) is 10.5 Å². The van der Waals surface area contributed by atoms with Crippen molar-refractivity contribution in [1.82, 2.24) is 5.06 Å². The smallest absolute Gasteiger partial charge is 0.258 e. The van der Waals surface area contributed by atoms with Crippen LogP contribution in [0.15, 0.2) is 12.2 Å². The van der Waals surface area contributed by atoms with Gasteiger partial charge in [-0.1, -0.05) is 12.2 Å². The van der Waals surface area contributed by atoms with E-state index in [1.54, 1.807) is 11.8 Å². The third-order valence-corrected chi connectivity index (χ3v) is 4.72. The van der Waals surface area contributed by atoms with E-state index < -0.39 is 0 Å². The Morgan fingerprint density at radius 2 is 1.69 bits per heavy atom. The molecule has 2 amide bonds. The van der Waals surface area contributed by atoms with E-state index in [1.807, 2.05) is 26.0 Å². The number of amides is 2. The van der Waals surface area contributed by atoms with E-state index in [4.69, 9.17) is 4.84 Å². The van der Waals surface area contributed by atoms with Crippen LogP contribution in [0.25, 0.3) is 0 Å². The Morgan fingerprint density at radius 3 is 2.12 bits per heavy atom. The lowest BCUT2D eigenvalue weighted by Gasteiger charge is -2.18. The van der Waals surface area contributed by atoms with E-state index in [-0.39, 0.29) is 40.3 Å². The van der Waals surface area contributed by atoms with E-state index in [2.05, 4.69) is 0 Å². The molecular formula is C11H13NO3S. The molecule has 0 aromatic heterocycles. The number of nitrogens with zero attached hydrogens (tertiary/aromatic N) is 1. The molecule has 3 aliphatic rings. The molecule has 3 aliphatic heterocycles. The number of fused-ring (bicyclic) bond motifs is 5. The first-order chi connectivity index (χ1) is 7.59. The number of carbonyl (C=O) groups excluding carboxylic acids is 2. The van der Waals surface area contributed by atoms with Crippen molar-refractivity contribution in [2.75, 3.05) is 0 Å². The standard InChI is InChI=1S/C11H13NO3S/c1-5(2)15-12-10(13)8-6-3-4-7(16-6)9(8)11(12)14/h3-9H,1-2H3. The molecule has 2 fully saturated rings. The van der Waals surface area contributed by atoms with E-state index in [1.165, 1.54) is 0 Å². The van der Waals surface area contributed by atoms with Gasteiger partial charge in [-0.2, -0.15) is 5.06 Å². The lowest BCUT2D eigenvalue weighted by molar-refractivity contribution is -0.200. The van der Waals surface area contributed by atoms with Crippen LogP contribution in [0, 0.1) is 11.8 Å². The predicted octanol–water partition coefficient (Wildman–Crippen LogP) is 0.981. The number of rotatable bonds is 2. The molecule has 0 radical (unpaired) electrons. The van der Waals surface area contributed by atoms with Crippen LogP contribution >= 0.6 is 11.8 Å². The minimum absolute atomic E-state index is 0.148. The van der Waals surface area contributed by atoms with Crippen LogP contribution in [-0.2, 0) is 14.4 Å². The number of hydroxylamine groups is 2. The van der Waals surface area contributed by atoms with Gasteiger partial charge in [-0.25, -0.2) is 0 Å². The second-order valence-electron chi connectivity index (χ2n) is 4.63. The molecule has 2 bridgehead atoms. The highest BCUT2D eigenvalue weighted by atomic mass is 32.2. The van der Waals surface area contributed by atoms with Gasteiger partial charge in [-0.3, -0.25) is 14.4 Å². The van der Waals surface area contributed by atoms with Crippen LogP contribution in [0.1, 0.15) is 13.8 Å². The Labute approximate surface area is 98.0 Å². The van der Waals surface area contributed by atoms with Crippen LogP contribution < -0.4 is 0 Å². The second kappa shape index (κ2) is 3.34. The molecule has 4 unspecified atom stereocenters. The molecule has 16 heavy (non-hydrogen) atoms. The molecule has 5 heteroatoms. The summed E-state index contributed by atoms with van der Waals surface area (Å²) in [7, 11) is 0. The Morgan fingerprint density at radius 1 is 1.19 bits per heavy atom. The van der Waals surface area contributed by atoms with Crippen LogP contribution in [0.5, 0.6) is 0 Å². The maximum atomic E-state index is 12.1. The Balaban J connectivity index is 1.89. The van der Waals surface area contributed by atoms with Gasteiger partial charge in [0.1, 0.15) is 0 Å². The predicted molar refractivity (Wildman–Crippen MR) is 59.4 cm³/mol. The highest BCUT2D eigenvalue weighted by molar-refractivity contribution is 8.01. The molecule has 3 heterocycles. The molecule has 0 N–H and O–H groups in total. The lowest BCUT2D eigenvalue weighted by atomic mass is 9.85. The second-order valence-corrected chi connectivity index (χ2v) is 5.99. The molecule has 3 rings (SSSR count). The molecular weight excluding hydrogens is 226 g/mol. The molecule has 2 saturated heterocycles. The molecule has 0 aromatic rings. The van der Waals surface area contributed by atoms with E-state index in [0.717, 1.165) is 5.06 Å². The van der Waals surface area contributed by atoms with Gasteiger partial charge in [0.15, 0.2) is 0 Å². The quantitative estimate of drug-likeness (QED) is 0.532. The zero-order valence-electron chi connectivity index (χ0n) is 9.12. The third kappa shape index (κ3) is 1.21. The largest absolute Gasteiger partial charge is 0.272 e. The van der Waals surface area contributed by atoms with E-state index in [9.17, 15) is 9.59 Å². The number of hydrogen-bond donors (Lipinski definition) is 0. The molecule has 0 aromatic carbocycles. The first kappa shape index (κ1) is 10.4. The molecule has 4 nitrogen and oxygen atoms in total. The van der Waals surface area contributed by atoms with Crippen molar-refractivity contribution in [2.24, 2.45) is 11.8 Å². The van der Waals surface area contributed by atoms with E-state index in [0.29, 0.717) is 0 Å². The summed E-state index contributed by atoms with van der Waals surface area (Å²) in [4.78, 5) is 29.4. The minimum atomic E-state index is -0.189. The zero-order valence-corrected chi connectivity index (χ0v) is 9.94. The summed E-state index contributed by atoms with van der Waals surface area (Å²) in [5.41, 5.74) is 0. The Hall–Kier alpha value is -0.810. The fourth-order valence-corrected chi connectivity index (χ4v) is 4.23. The van der Waals surface area contributed by atoms with Gasteiger partial charge >= 0.3 is 0 Å². The van der Waals surface area contributed by atoms with Gasteiger partial charge in [0.05, 0.1) is 17.9 Å². The summed E-state index contributed by atoms with van der Waals surface area (Å²) < 4.78 is 0. The molecule has 0 spiro atoms. The number of imide groups is 1. The number of thioether (sulfide) groups is 1. The topological polar surface area (TPSA) is 46.6 Å². The van der Waals surface area contributed by atoms with Gasteiger partial charge in [-0.15, -0.1) is 11.8 Å². The van der Waals surface area contributed by atoms with Crippen molar-refractivity contribution >= 4 is 23.6 Å². The van der Waals surface area contributed by atoms with Crippen LogP contribution in [0.4, 0.5) is 0 Å². The zero-order chi connectivity index (χ0) is 11.4. The van der Waals surface area contributed by atoms with Crippen LogP contribution in [0.3, 0.4) is 0 Å². The third-order valence-electron chi connectivity index (χ3n) is 3.19. The molecule has 0 saturated carbocycles. The Kier molecular flexibility index (Phi) is 2.16. The number of carbonyl (C=O) groups is 2. The molecule has 4 atom stereocenters. The van der Waals surface area contributed by atoms with Gasteiger partial charge in [0.25, 0.3) is 11.8 Å². The van der Waals surface area contributed by atoms with Gasteiger partial charge in [-0.05, 0) is 13.8 Å². The molecule has 86 valence electrons.